The van der Waals surface area contributed by atoms with Gasteiger partial charge in [0, 0.05) is 24.2 Å². The van der Waals surface area contributed by atoms with Crippen molar-refractivity contribution in [1.29, 1.82) is 0 Å². The molecule has 2 heterocycles. The number of morpholine rings is 1. The molecule has 1 fully saturated rings. The minimum atomic E-state index is 0.426. The van der Waals surface area contributed by atoms with Crippen molar-refractivity contribution in [2.45, 2.75) is 12.5 Å². The first-order chi connectivity index (χ1) is 8.43. The first-order valence-electron chi connectivity index (χ1n) is 6.07. The van der Waals surface area contributed by atoms with Crippen molar-refractivity contribution in [3.05, 3.63) is 42.1 Å². The number of hydrogen-bond donors (Lipinski definition) is 1. The number of nitrogens with zero attached hydrogens (tertiary/aromatic N) is 1. The average molecular weight is 228 g/mol. The van der Waals surface area contributed by atoms with Gasteiger partial charge in [-0.25, -0.2) is 0 Å². The zero-order valence-electron chi connectivity index (χ0n) is 9.73. The highest BCUT2D eigenvalue weighted by molar-refractivity contribution is 5.81. The number of benzene rings is 1. The lowest BCUT2D eigenvalue weighted by molar-refractivity contribution is 0.0771. The molecule has 1 aliphatic heterocycles. The molecule has 0 bridgehead atoms. The second-order valence-electron chi connectivity index (χ2n) is 4.42. The molecule has 88 valence electrons. The number of rotatable bonds is 2. The van der Waals surface area contributed by atoms with Crippen LogP contribution in [-0.4, -0.2) is 30.8 Å². The SMILES string of the molecule is c1cc(CC2COCCN2)c2cccnc2c1. The second-order valence-corrected chi connectivity index (χ2v) is 4.42. The third-order valence-corrected chi connectivity index (χ3v) is 3.20. The van der Waals surface area contributed by atoms with Gasteiger partial charge in [-0.1, -0.05) is 18.2 Å². The largest absolute Gasteiger partial charge is 0.379 e. The molecule has 1 unspecified atom stereocenters. The number of nitrogens with one attached hydrogen (secondary N) is 1. The fourth-order valence-electron chi connectivity index (χ4n) is 2.36. The van der Waals surface area contributed by atoms with Crippen LogP contribution in [0.2, 0.25) is 0 Å². The van der Waals surface area contributed by atoms with E-state index in [0.717, 1.165) is 31.7 Å². The Hall–Kier alpha value is -1.45. The summed E-state index contributed by atoms with van der Waals surface area (Å²) in [5.74, 6) is 0. The summed E-state index contributed by atoms with van der Waals surface area (Å²) in [6.07, 6.45) is 2.84. The van der Waals surface area contributed by atoms with Gasteiger partial charge in [0.05, 0.1) is 18.7 Å². The fourth-order valence-corrected chi connectivity index (χ4v) is 2.36. The first kappa shape index (κ1) is 10.7. The number of fused-ring (bicyclic) bond motifs is 1. The molecular weight excluding hydrogens is 212 g/mol. The fraction of sp³-hybridized carbons (Fsp3) is 0.357. The molecular formula is C14H16N2O. The van der Waals surface area contributed by atoms with Gasteiger partial charge in [0.25, 0.3) is 0 Å². The molecule has 0 spiro atoms. The molecule has 17 heavy (non-hydrogen) atoms. The number of ether oxygens (including phenoxy) is 1. The van der Waals surface area contributed by atoms with E-state index in [1.807, 2.05) is 12.3 Å². The quantitative estimate of drug-likeness (QED) is 0.850. The molecule has 1 aromatic carbocycles. The second kappa shape index (κ2) is 4.82. The Morgan fingerprint density at radius 1 is 1.29 bits per heavy atom. The van der Waals surface area contributed by atoms with E-state index in [4.69, 9.17) is 4.74 Å². The molecule has 1 N–H and O–H groups in total. The molecule has 3 nitrogen and oxygen atoms in total. The first-order valence-corrected chi connectivity index (χ1v) is 6.07. The molecule has 0 saturated carbocycles. The van der Waals surface area contributed by atoms with Gasteiger partial charge in [0.2, 0.25) is 0 Å². The molecule has 1 aromatic heterocycles. The van der Waals surface area contributed by atoms with Gasteiger partial charge < -0.3 is 10.1 Å². The summed E-state index contributed by atoms with van der Waals surface area (Å²) in [6.45, 7) is 2.58. The van der Waals surface area contributed by atoms with Crippen molar-refractivity contribution in [2.24, 2.45) is 0 Å². The summed E-state index contributed by atoms with van der Waals surface area (Å²) in [6, 6.07) is 10.9. The molecule has 3 heteroatoms. The van der Waals surface area contributed by atoms with Crippen molar-refractivity contribution in [3.8, 4) is 0 Å². The highest BCUT2D eigenvalue weighted by atomic mass is 16.5. The predicted octanol–water partition coefficient (Wildman–Crippen LogP) is 1.77. The average Bonchev–Trinajstić information content (AvgIpc) is 2.40. The van der Waals surface area contributed by atoms with Crippen LogP contribution in [0, 0.1) is 0 Å². The molecule has 1 aliphatic rings. The Morgan fingerprint density at radius 3 is 3.18 bits per heavy atom. The highest BCUT2D eigenvalue weighted by Gasteiger charge is 2.14. The van der Waals surface area contributed by atoms with E-state index in [2.05, 4.69) is 34.6 Å². The minimum absolute atomic E-state index is 0.426. The normalized spacial score (nSPS) is 20.6. The van der Waals surface area contributed by atoms with Crippen molar-refractivity contribution < 1.29 is 4.74 Å². The van der Waals surface area contributed by atoms with E-state index >= 15 is 0 Å². The third kappa shape index (κ3) is 2.30. The maximum atomic E-state index is 5.49. The maximum absolute atomic E-state index is 5.49. The van der Waals surface area contributed by atoms with Crippen LogP contribution < -0.4 is 5.32 Å². The van der Waals surface area contributed by atoms with E-state index in [1.165, 1.54) is 10.9 Å². The smallest absolute Gasteiger partial charge is 0.0704 e. The van der Waals surface area contributed by atoms with E-state index in [1.54, 1.807) is 0 Å². The number of hydrogen-bond acceptors (Lipinski definition) is 3. The molecule has 1 saturated heterocycles. The van der Waals surface area contributed by atoms with Gasteiger partial charge in [-0.15, -0.1) is 0 Å². The lowest BCUT2D eigenvalue weighted by Crippen LogP contribution is -2.42. The van der Waals surface area contributed by atoms with Crippen molar-refractivity contribution in [2.75, 3.05) is 19.8 Å². The van der Waals surface area contributed by atoms with Crippen molar-refractivity contribution in [3.63, 3.8) is 0 Å². The van der Waals surface area contributed by atoms with Crippen LogP contribution in [-0.2, 0) is 11.2 Å². The number of pyridine rings is 1. The Bertz CT molecular complexity index is 501. The summed E-state index contributed by atoms with van der Waals surface area (Å²) >= 11 is 0. The van der Waals surface area contributed by atoms with Crippen molar-refractivity contribution >= 4 is 10.9 Å². The molecule has 0 amide bonds. The third-order valence-electron chi connectivity index (χ3n) is 3.20. The van der Waals surface area contributed by atoms with Crippen LogP contribution in [0.4, 0.5) is 0 Å². The van der Waals surface area contributed by atoms with Crippen LogP contribution >= 0.6 is 0 Å². The summed E-state index contributed by atoms with van der Waals surface area (Å²) in [5.41, 5.74) is 2.42. The molecule has 2 aromatic rings. The van der Waals surface area contributed by atoms with Gasteiger partial charge in [0.15, 0.2) is 0 Å². The van der Waals surface area contributed by atoms with Crippen LogP contribution in [0.15, 0.2) is 36.5 Å². The maximum Gasteiger partial charge on any atom is 0.0704 e. The number of aromatic nitrogens is 1. The Morgan fingerprint density at radius 2 is 2.29 bits per heavy atom. The lowest BCUT2D eigenvalue weighted by Gasteiger charge is -2.24. The zero-order chi connectivity index (χ0) is 11.5. The predicted molar refractivity (Wildman–Crippen MR) is 68.1 cm³/mol. The summed E-state index contributed by atoms with van der Waals surface area (Å²) < 4.78 is 5.49. The van der Waals surface area contributed by atoms with E-state index < -0.39 is 0 Å². The van der Waals surface area contributed by atoms with Gasteiger partial charge in [-0.05, 0) is 24.1 Å². The Labute approximate surface area is 101 Å². The molecule has 0 radical (unpaired) electrons. The topological polar surface area (TPSA) is 34.1 Å². The minimum Gasteiger partial charge on any atom is -0.379 e. The lowest BCUT2D eigenvalue weighted by atomic mass is 10.0. The van der Waals surface area contributed by atoms with E-state index in [9.17, 15) is 0 Å². The standard InChI is InChI=1S/C14H16N2O/c1-3-11(9-12-10-17-8-7-15-12)13-4-2-6-16-14(13)5-1/h1-6,12,15H,7-10H2. The van der Waals surface area contributed by atoms with E-state index in [-0.39, 0.29) is 0 Å². The van der Waals surface area contributed by atoms with Crippen LogP contribution in [0.1, 0.15) is 5.56 Å². The van der Waals surface area contributed by atoms with Crippen molar-refractivity contribution in [1.82, 2.24) is 10.3 Å². The van der Waals surface area contributed by atoms with Crippen LogP contribution in [0.25, 0.3) is 10.9 Å². The highest BCUT2D eigenvalue weighted by Crippen LogP contribution is 2.18. The van der Waals surface area contributed by atoms with Crippen LogP contribution in [0.5, 0.6) is 0 Å². The van der Waals surface area contributed by atoms with Gasteiger partial charge in [-0.3, -0.25) is 4.98 Å². The molecule has 3 rings (SSSR count). The van der Waals surface area contributed by atoms with Crippen LogP contribution in [0.3, 0.4) is 0 Å². The summed E-state index contributed by atoms with van der Waals surface area (Å²) in [4.78, 5) is 4.38. The van der Waals surface area contributed by atoms with Gasteiger partial charge >= 0.3 is 0 Å². The zero-order valence-corrected chi connectivity index (χ0v) is 9.73. The van der Waals surface area contributed by atoms with E-state index in [0.29, 0.717) is 6.04 Å². The summed E-state index contributed by atoms with van der Waals surface area (Å²) in [7, 11) is 0. The monoisotopic (exact) mass is 228 g/mol. The summed E-state index contributed by atoms with van der Waals surface area (Å²) in [5, 5.41) is 4.74. The molecule has 0 aliphatic carbocycles. The Balaban J connectivity index is 1.89. The van der Waals surface area contributed by atoms with Gasteiger partial charge in [-0.2, -0.15) is 0 Å². The molecule has 1 atom stereocenters. The van der Waals surface area contributed by atoms with Gasteiger partial charge in [0.1, 0.15) is 0 Å². The Kier molecular flexibility index (Phi) is 3.03.